The van der Waals surface area contributed by atoms with Crippen LogP contribution in [0.25, 0.3) is 16.5 Å². The minimum Gasteiger partial charge on any atom is -0.463 e. The first-order valence-electron chi connectivity index (χ1n) is 11.8. The van der Waals surface area contributed by atoms with E-state index >= 15 is 0 Å². The maximum Gasteiger partial charge on any atom is 0.416 e. The molecule has 4 heterocycles. The Morgan fingerprint density at radius 1 is 1.25 bits per heavy atom. The maximum atomic E-state index is 13.5. The number of hydrogen-bond acceptors (Lipinski definition) is 5. The Labute approximate surface area is 206 Å². The van der Waals surface area contributed by atoms with E-state index in [0.29, 0.717) is 49.7 Å². The van der Waals surface area contributed by atoms with Gasteiger partial charge < -0.3 is 9.64 Å². The first-order chi connectivity index (χ1) is 17.1. The lowest BCUT2D eigenvalue weighted by Crippen LogP contribution is -2.32. The summed E-state index contributed by atoms with van der Waals surface area (Å²) >= 11 is 0. The molecule has 1 aromatic carbocycles. The molecule has 188 valence electrons. The van der Waals surface area contributed by atoms with Gasteiger partial charge in [0.2, 0.25) is 5.91 Å². The third-order valence-electron chi connectivity index (χ3n) is 6.82. The molecule has 2 aliphatic rings. The normalized spacial score (nSPS) is 17.1. The summed E-state index contributed by atoms with van der Waals surface area (Å²) in [6.45, 7) is 7.03. The second-order valence-electron chi connectivity index (χ2n) is 9.07. The van der Waals surface area contributed by atoms with Gasteiger partial charge in [0, 0.05) is 25.4 Å². The van der Waals surface area contributed by atoms with Gasteiger partial charge in [0.25, 0.3) is 6.01 Å². The number of rotatable bonds is 3. The fraction of sp³-hybridized carbons (Fsp3) is 0.385. The molecular formula is C26H26F3N5O2. The number of carbonyl (C=O) groups is 1. The van der Waals surface area contributed by atoms with Crippen LogP contribution in [0.5, 0.6) is 6.01 Å². The third kappa shape index (κ3) is 4.36. The molecule has 2 aromatic heterocycles. The second kappa shape index (κ2) is 9.07. The monoisotopic (exact) mass is 497 g/mol. The fourth-order valence-corrected chi connectivity index (χ4v) is 4.84. The van der Waals surface area contributed by atoms with Crippen LogP contribution in [0.1, 0.15) is 48.7 Å². The number of alkyl halides is 3. The zero-order valence-corrected chi connectivity index (χ0v) is 20.3. The molecule has 0 N–H and O–H groups in total. The highest BCUT2D eigenvalue weighted by molar-refractivity contribution is 5.82. The molecule has 1 amide bonds. The van der Waals surface area contributed by atoms with E-state index in [0.717, 1.165) is 28.2 Å². The third-order valence-corrected chi connectivity index (χ3v) is 6.82. The van der Waals surface area contributed by atoms with E-state index in [4.69, 9.17) is 9.73 Å². The lowest BCUT2D eigenvalue weighted by atomic mass is 9.97. The zero-order chi connectivity index (χ0) is 25.6. The summed E-state index contributed by atoms with van der Waals surface area (Å²) in [5.74, 6) is 0.0351. The summed E-state index contributed by atoms with van der Waals surface area (Å²) in [4.78, 5) is 27.5. The van der Waals surface area contributed by atoms with Crippen molar-refractivity contribution in [2.24, 2.45) is 4.99 Å². The molecule has 2 aliphatic heterocycles. The van der Waals surface area contributed by atoms with E-state index in [1.807, 2.05) is 16.7 Å². The zero-order valence-electron chi connectivity index (χ0n) is 20.3. The van der Waals surface area contributed by atoms with Crippen molar-refractivity contribution in [3.8, 4) is 6.01 Å². The van der Waals surface area contributed by atoms with E-state index in [9.17, 15) is 18.0 Å². The molecule has 0 spiro atoms. The van der Waals surface area contributed by atoms with Crippen molar-refractivity contribution >= 4 is 22.4 Å². The van der Waals surface area contributed by atoms with E-state index in [-0.39, 0.29) is 11.5 Å². The number of aromatic nitrogens is 3. The highest BCUT2D eigenvalue weighted by atomic mass is 19.4. The Bertz CT molecular complexity index is 1460. The predicted molar refractivity (Wildman–Crippen MR) is 128 cm³/mol. The summed E-state index contributed by atoms with van der Waals surface area (Å²) in [6, 6.07) is 5.93. The SMILES string of the molecule is CC(=O)N1CC=C(c2cc3/c(=N/C(C)c4cccc(C(F)(F)F)c4C)nc4n(c3cn2)CCO4)CC1. The van der Waals surface area contributed by atoms with Crippen LogP contribution in [0.3, 0.4) is 0 Å². The van der Waals surface area contributed by atoms with Gasteiger partial charge in [-0.3, -0.25) is 19.3 Å². The van der Waals surface area contributed by atoms with Crippen LogP contribution < -0.4 is 10.2 Å². The molecule has 0 saturated heterocycles. The molecule has 1 atom stereocenters. The maximum absolute atomic E-state index is 13.5. The van der Waals surface area contributed by atoms with Crippen LogP contribution in [0.2, 0.25) is 0 Å². The highest BCUT2D eigenvalue weighted by Crippen LogP contribution is 2.35. The fourth-order valence-electron chi connectivity index (χ4n) is 4.84. The average Bonchev–Trinajstić information content (AvgIpc) is 3.32. The molecule has 10 heteroatoms. The summed E-state index contributed by atoms with van der Waals surface area (Å²) in [7, 11) is 0. The molecule has 0 saturated carbocycles. The summed E-state index contributed by atoms with van der Waals surface area (Å²) < 4.78 is 48.0. The number of carbonyl (C=O) groups excluding carboxylic acids is 1. The molecule has 0 aliphatic carbocycles. The van der Waals surface area contributed by atoms with Crippen molar-refractivity contribution < 1.29 is 22.7 Å². The number of halogens is 3. The highest BCUT2D eigenvalue weighted by Gasteiger charge is 2.33. The van der Waals surface area contributed by atoms with Crippen LogP contribution in [0.15, 0.2) is 41.5 Å². The van der Waals surface area contributed by atoms with Crippen molar-refractivity contribution in [2.45, 2.75) is 46.0 Å². The summed E-state index contributed by atoms with van der Waals surface area (Å²) in [5.41, 5.74) is 2.98. The van der Waals surface area contributed by atoms with E-state index < -0.39 is 17.8 Å². The molecule has 36 heavy (non-hydrogen) atoms. The molecule has 1 unspecified atom stereocenters. The van der Waals surface area contributed by atoms with Crippen LogP contribution in [-0.4, -0.2) is 45.0 Å². The lowest BCUT2D eigenvalue weighted by Gasteiger charge is -2.25. The van der Waals surface area contributed by atoms with Crippen molar-refractivity contribution in [3.63, 3.8) is 0 Å². The quantitative estimate of drug-likeness (QED) is 0.536. The summed E-state index contributed by atoms with van der Waals surface area (Å²) in [6.07, 6.45) is 0.0115. The molecule has 0 bridgehead atoms. The van der Waals surface area contributed by atoms with Gasteiger partial charge in [-0.2, -0.15) is 18.2 Å². The van der Waals surface area contributed by atoms with Gasteiger partial charge in [0.15, 0.2) is 5.49 Å². The Morgan fingerprint density at radius 3 is 2.75 bits per heavy atom. The van der Waals surface area contributed by atoms with Gasteiger partial charge >= 0.3 is 6.18 Å². The van der Waals surface area contributed by atoms with Crippen LogP contribution in [-0.2, 0) is 17.5 Å². The Balaban J connectivity index is 1.62. The molecule has 3 aromatic rings. The first-order valence-corrected chi connectivity index (χ1v) is 11.8. The lowest BCUT2D eigenvalue weighted by molar-refractivity contribution is -0.138. The van der Waals surface area contributed by atoms with Gasteiger partial charge in [-0.05, 0) is 49.1 Å². The predicted octanol–water partition coefficient (Wildman–Crippen LogP) is 4.45. The largest absolute Gasteiger partial charge is 0.463 e. The standard InChI is InChI=1S/C26H26F3N5O2/c1-15-19(5-4-6-21(15)26(27,28)29)16(2)31-24-20-13-22(18-7-9-33(10-8-18)17(3)35)30-14-23(20)34-11-12-36-25(34)32-24/h4-7,13-14,16H,8-12H2,1-3H3/b31-24-. The first kappa shape index (κ1) is 24.0. The Hall–Kier alpha value is -3.69. The van der Waals surface area contributed by atoms with Gasteiger partial charge in [0.05, 0.1) is 35.6 Å². The molecule has 7 nitrogen and oxygen atoms in total. The molecule has 0 radical (unpaired) electrons. The molecule has 5 rings (SSSR count). The van der Waals surface area contributed by atoms with E-state index in [1.165, 1.54) is 13.0 Å². The van der Waals surface area contributed by atoms with Crippen molar-refractivity contribution in [1.29, 1.82) is 0 Å². The number of pyridine rings is 1. The number of benzene rings is 1. The van der Waals surface area contributed by atoms with Gasteiger partial charge in [-0.25, -0.2) is 0 Å². The Kier molecular flexibility index (Phi) is 6.05. The van der Waals surface area contributed by atoms with E-state index in [1.54, 1.807) is 31.0 Å². The number of fused-ring (bicyclic) bond motifs is 3. The number of ether oxygens (including phenoxy) is 1. The van der Waals surface area contributed by atoms with Crippen molar-refractivity contribution in [2.75, 3.05) is 19.7 Å². The smallest absolute Gasteiger partial charge is 0.416 e. The van der Waals surface area contributed by atoms with Crippen molar-refractivity contribution in [1.82, 2.24) is 19.4 Å². The average molecular weight is 498 g/mol. The van der Waals surface area contributed by atoms with Gasteiger partial charge in [0.1, 0.15) is 6.61 Å². The second-order valence-corrected chi connectivity index (χ2v) is 9.07. The van der Waals surface area contributed by atoms with Crippen LogP contribution in [0, 0.1) is 6.92 Å². The number of hydrogen-bond donors (Lipinski definition) is 0. The topological polar surface area (TPSA) is 72.6 Å². The van der Waals surface area contributed by atoms with Crippen molar-refractivity contribution in [3.05, 3.63) is 64.4 Å². The van der Waals surface area contributed by atoms with Gasteiger partial charge in [-0.1, -0.05) is 18.2 Å². The van der Waals surface area contributed by atoms with Crippen LogP contribution in [0.4, 0.5) is 13.2 Å². The van der Waals surface area contributed by atoms with Gasteiger partial charge in [-0.15, -0.1) is 0 Å². The van der Waals surface area contributed by atoms with Crippen LogP contribution >= 0.6 is 0 Å². The Morgan fingerprint density at radius 2 is 2.06 bits per heavy atom. The summed E-state index contributed by atoms with van der Waals surface area (Å²) in [5, 5.41) is 0.751. The van der Waals surface area contributed by atoms with E-state index in [2.05, 4.69) is 9.97 Å². The minimum atomic E-state index is -4.44. The number of amides is 1. The number of nitrogens with zero attached hydrogens (tertiary/aromatic N) is 5. The molecule has 0 fully saturated rings. The molecular weight excluding hydrogens is 471 g/mol. The minimum absolute atomic E-state index is 0.0351.